The van der Waals surface area contributed by atoms with Crippen LogP contribution in [0.3, 0.4) is 0 Å². The molecule has 5 heteroatoms. The maximum Gasteiger partial charge on any atom is 0.176 e. The van der Waals surface area contributed by atoms with Gasteiger partial charge in [-0.15, -0.1) is 0 Å². The number of aromatic hydroxyl groups is 2. The fourth-order valence-corrected chi connectivity index (χ4v) is 2.48. The highest BCUT2D eigenvalue weighted by molar-refractivity contribution is 5.80. The predicted molar refractivity (Wildman–Crippen MR) is 82.4 cm³/mol. The largest absolute Gasteiger partial charge is 0.507 e. The molecule has 1 aromatic heterocycles. The molecule has 0 aliphatic carbocycles. The fourth-order valence-electron chi connectivity index (χ4n) is 2.48. The van der Waals surface area contributed by atoms with E-state index in [1.165, 1.54) is 6.07 Å². The minimum Gasteiger partial charge on any atom is -0.507 e. The van der Waals surface area contributed by atoms with E-state index >= 15 is 0 Å². The van der Waals surface area contributed by atoms with E-state index in [0.29, 0.717) is 5.52 Å². The number of fused-ring (bicyclic) bond motifs is 1. The van der Waals surface area contributed by atoms with E-state index in [0.717, 1.165) is 5.39 Å². The first kappa shape index (κ1) is 14.3. The summed E-state index contributed by atoms with van der Waals surface area (Å²) in [6, 6.07) is 8.59. The van der Waals surface area contributed by atoms with Crippen LogP contribution in [0.1, 0.15) is 25.3 Å². The van der Waals surface area contributed by atoms with Crippen molar-refractivity contribution in [1.29, 1.82) is 0 Å². The van der Waals surface area contributed by atoms with Crippen molar-refractivity contribution in [1.82, 2.24) is 9.97 Å². The maximum atomic E-state index is 14.4. The van der Waals surface area contributed by atoms with Gasteiger partial charge in [-0.25, -0.2) is 14.4 Å². The lowest BCUT2D eigenvalue weighted by atomic mass is 9.98. The molecule has 0 saturated heterocycles. The van der Waals surface area contributed by atoms with Crippen molar-refractivity contribution in [2.24, 2.45) is 0 Å². The molecule has 22 heavy (non-hydrogen) atoms. The van der Waals surface area contributed by atoms with Crippen molar-refractivity contribution in [2.75, 3.05) is 0 Å². The first-order valence-electron chi connectivity index (χ1n) is 6.95. The molecular weight excluding hydrogens is 283 g/mol. The van der Waals surface area contributed by atoms with Crippen molar-refractivity contribution in [3.63, 3.8) is 0 Å². The standard InChI is InChI=1S/C17H15FN2O2/c1-9(2)14-13(21)7-11(15(18)16(14)22)17-19-8-10-5-3-4-6-12(10)20-17/h3-9,21-22H,1-2H3. The lowest BCUT2D eigenvalue weighted by Gasteiger charge is -2.14. The molecule has 0 bridgehead atoms. The van der Waals surface area contributed by atoms with E-state index in [1.807, 2.05) is 18.2 Å². The molecule has 0 aliphatic rings. The second-order valence-corrected chi connectivity index (χ2v) is 5.43. The molecule has 2 aromatic carbocycles. The van der Waals surface area contributed by atoms with Crippen LogP contribution in [0.4, 0.5) is 4.39 Å². The minimum absolute atomic E-state index is 0.0230. The average molecular weight is 298 g/mol. The summed E-state index contributed by atoms with van der Waals surface area (Å²) in [7, 11) is 0. The van der Waals surface area contributed by atoms with Crippen LogP contribution in [0, 0.1) is 5.82 Å². The average Bonchev–Trinajstić information content (AvgIpc) is 2.50. The van der Waals surface area contributed by atoms with Gasteiger partial charge in [-0.05, 0) is 18.1 Å². The summed E-state index contributed by atoms with van der Waals surface area (Å²) in [5.41, 5.74) is 0.825. The van der Waals surface area contributed by atoms with Crippen LogP contribution < -0.4 is 0 Å². The van der Waals surface area contributed by atoms with Gasteiger partial charge in [0.15, 0.2) is 17.4 Å². The molecule has 2 N–H and O–H groups in total. The van der Waals surface area contributed by atoms with Gasteiger partial charge in [0.2, 0.25) is 0 Å². The summed E-state index contributed by atoms with van der Waals surface area (Å²) in [4.78, 5) is 8.41. The Morgan fingerprint density at radius 1 is 1.14 bits per heavy atom. The third-order valence-corrected chi connectivity index (χ3v) is 3.56. The fraction of sp³-hybridized carbons (Fsp3) is 0.176. The number of nitrogens with zero attached hydrogens (tertiary/aromatic N) is 2. The van der Waals surface area contributed by atoms with Crippen LogP contribution in [0.2, 0.25) is 0 Å². The summed E-state index contributed by atoms with van der Waals surface area (Å²) in [6.07, 6.45) is 1.58. The molecule has 0 saturated carbocycles. The van der Waals surface area contributed by atoms with Gasteiger partial charge in [-0.3, -0.25) is 0 Å². The molecule has 0 amide bonds. The number of phenols is 2. The molecule has 3 rings (SSSR count). The SMILES string of the molecule is CC(C)c1c(O)cc(-c2ncc3ccccc3n2)c(F)c1O. The summed E-state index contributed by atoms with van der Waals surface area (Å²) >= 11 is 0. The van der Waals surface area contributed by atoms with E-state index in [9.17, 15) is 14.6 Å². The van der Waals surface area contributed by atoms with Crippen LogP contribution in [0.15, 0.2) is 36.5 Å². The highest BCUT2D eigenvalue weighted by Gasteiger charge is 2.22. The van der Waals surface area contributed by atoms with E-state index in [1.54, 1.807) is 26.1 Å². The van der Waals surface area contributed by atoms with Gasteiger partial charge >= 0.3 is 0 Å². The van der Waals surface area contributed by atoms with E-state index in [-0.39, 0.29) is 28.6 Å². The van der Waals surface area contributed by atoms with Crippen LogP contribution in [-0.2, 0) is 0 Å². The molecule has 0 spiro atoms. The molecule has 1 heterocycles. The summed E-state index contributed by atoms with van der Waals surface area (Å²) in [5.74, 6) is -1.63. The van der Waals surface area contributed by atoms with Gasteiger partial charge in [0.05, 0.1) is 11.1 Å². The summed E-state index contributed by atoms with van der Waals surface area (Å²) < 4.78 is 14.4. The maximum absolute atomic E-state index is 14.4. The number of halogens is 1. The Balaban J connectivity index is 2.22. The molecule has 112 valence electrons. The predicted octanol–water partition coefficient (Wildman–Crippen LogP) is 3.97. The number of rotatable bonds is 2. The molecule has 0 atom stereocenters. The highest BCUT2D eigenvalue weighted by atomic mass is 19.1. The Hall–Kier alpha value is -2.69. The van der Waals surface area contributed by atoms with Crippen molar-refractivity contribution in [3.05, 3.63) is 47.9 Å². The van der Waals surface area contributed by atoms with E-state index in [4.69, 9.17) is 0 Å². The van der Waals surface area contributed by atoms with Crippen LogP contribution >= 0.6 is 0 Å². The van der Waals surface area contributed by atoms with Crippen molar-refractivity contribution >= 4 is 10.9 Å². The van der Waals surface area contributed by atoms with Crippen molar-refractivity contribution in [2.45, 2.75) is 19.8 Å². The molecule has 0 aliphatic heterocycles. The summed E-state index contributed by atoms with van der Waals surface area (Å²) in [5, 5.41) is 20.9. The van der Waals surface area contributed by atoms with Gasteiger partial charge in [0, 0.05) is 17.1 Å². The Bertz CT molecular complexity index is 863. The number of hydrogen-bond acceptors (Lipinski definition) is 4. The number of para-hydroxylation sites is 1. The van der Waals surface area contributed by atoms with Gasteiger partial charge < -0.3 is 10.2 Å². The van der Waals surface area contributed by atoms with E-state index in [2.05, 4.69) is 9.97 Å². The lowest BCUT2D eigenvalue weighted by molar-refractivity contribution is 0.405. The summed E-state index contributed by atoms with van der Waals surface area (Å²) in [6.45, 7) is 3.53. The quantitative estimate of drug-likeness (QED) is 0.751. The highest BCUT2D eigenvalue weighted by Crippen LogP contribution is 2.40. The zero-order valence-electron chi connectivity index (χ0n) is 12.2. The van der Waals surface area contributed by atoms with Gasteiger partial charge in [0.25, 0.3) is 0 Å². The molecule has 3 aromatic rings. The molecular formula is C17H15FN2O2. The third-order valence-electron chi connectivity index (χ3n) is 3.56. The minimum atomic E-state index is -0.822. The smallest absolute Gasteiger partial charge is 0.176 e. The monoisotopic (exact) mass is 298 g/mol. The number of hydrogen-bond donors (Lipinski definition) is 2. The Morgan fingerprint density at radius 2 is 1.86 bits per heavy atom. The Kier molecular flexibility index (Phi) is 3.41. The first-order valence-corrected chi connectivity index (χ1v) is 6.95. The molecule has 0 unspecified atom stereocenters. The first-order chi connectivity index (χ1) is 10.5. The van der Waals surface area contributed by atoms with Gasteiger partial charge in [-0.2, -0.15) is 0 Å². The zero-order chi connectivity index (χ0) is 15.9. The van der Waals surface area contributed by atoms with Crippen LogP contribution in [0.25, 0.3) is 22.3 Å². The lowest BCUT2D eigenvalue weighted by Crippen LogP contribution is -1.98. The number of aromatic nitrogens is 2. The topological polar surface area (TPSA) is 66.2 Å². The van der Waals surface area contributed by atoms with Gasteiger partial charge in [-0.1, -0.05) is 32.0 Å². The molecule has 0 fully saturated rings. The molecule has 0 radical (unpaired) electrons. The normalized spacial score (nSPS) is 11.3. The second-order valence-electron chi connectivity index (χ2n) is 5.43. The number of benzene rings is 2. The number of phenolic OH excluding ortho intramolecular Hbond substituents is 2. The Labute approximate surface area is 126 Å². The van der Waals surface area contributed by atoms with Crippen molar-refractivity contribution < 1.29 is 14.6 Å². The van der Waals surface area contributed by atoms with E-state index < -0.39 is 11.6 Å². The Morgan fingerprint density at radius 3 is 2.59 bits per heavy atom. The van der Waals surface area contributed by atoms with Crippen LogP contribution in [-0.4, -0.2) is 20.2 Å². The van der Waals surface area contributed by atoms with Gasteiger partial charge in [0.1, 0.15) is 5.75 Å². The van der Waals surface area contributed by atoms with Crippen LogP contribution in [0.5, 0.6) is 11.5 Å². The van der Waals surface area contributed by atoms with Crippen molar-refractivity contribution in [3.8, 4) is 22.9 Å². The third kappa shape index (κ3) is 2.24. The molecule has 4 nitrogen and oxygen atoms in total. The zero-order valence-corrected chi connectivity index (χ0v) is 12.2. The second kappa shape index (κ2) is 5.26.